The monoisotopic (exact) mass is 633 g/mol. The van der Waals surface area contributed by atoms with Gasteiger partial charge in [0, 0.05) is 55.5 Å². The number of aromatic amines is 1. The zero-order valence-corrected chi connectivity index (χ0v) is 25.4. The topological polar surface area (TPSA) is 160 Å². The van der Waals surface area contributed by atoms with Crippen LogP contribution < -0.4 is 16.3 Å². The Morgan fingerprint density at radius 1 is 1.30 bits per heavy atom. The van der Waals surface area contributed by atoms with Crippen LogP contribution in [0.4, 0.5) is 8.78 Å². The predicted octanol–water partition coefficient (Wildman–Crippen LogP) is 2.89. The number of halogens is 3. The molecule has 1 aromatic heterocycles. The first-order valence-electron chi connectivity index (χ1n) is 15.1. The first-order valence-corrected chi connectivity index (χ1v) is 15.5. The van der Waals surface area contributed by atoms with Crippen LogP contribution in [0.5, 0.6) is 5.75 Å². The smallest absolute Gasteiger partial charge is 0.281 e. The second kappa shape index (κ2) is 12.1. The number of likely N-dealkylation sites (tertiary alicyclic amines) is 1. The van der Waals surface area contributed by atoms with Gasteiger partial charge in [-0.2, -0.15) is 5.21 Å². The first-order chi connectivity index (χ1) is 21.1. The zero-order valence-electron chi connectivity index (χ0n) is 24.6. The van der Waals surface area contributed by atoms with Gasteiger partial charge in [-0.15, -0.1) is 10.2 Å². The van der Waals surface area contributed by atoms with Crippen LogP contribution >= 0.6 is 11.6 Å². The Hall–Kier alpha value is -3.52. The van der Waals surface area contributed by atoms with Crippen molar-refractivity contribution in [2.45, 2.75) is 69.8 Å². The number of H-pyrrole nitrogens is 1. The summed E-state index contributed by atoms with van der Waals surface area (Å²) in [6, 6.07) is 2.80. The van der Waals surface area contributed by atoms with Gasteiger partial charge < -0.3 is 25.3 Å². The number of nitrogens with two attached hydrogens (primary N) is 2. The fourth-order valence-electron chi connectivity index (χ4n) is 7.25. The lowest BCUT2D eigenvalue weighted by atomic mass is 9.77. The van der Waals surface area contributed by atoms with E-state index in [0.29, 0.717) is 54.5 Å². The fraction of sp³-hybridized carbons (Fsp3) is 0.621. The maximum Gasteiger partial charge on any atom is 0.281 e. The van der Waals surface area contributed by atoms with E-state index in [1.165, 1.54) is 7.05 Å². The number of carbonyl (C=O) groups excluding carboxylic acids is 2. The summed E-state index contributed by atoms with van der Waals surface area (Å²) in [5.41, 5.74) is 6.76. The molecule has 44 heavy (non-hydrogen) atoms. The number of nitrogens with one attached hydrogen (secondary N) is 1. The van der Waals surface area contributed by atoms with Crippen molar-refractivity contribution in [2.24, 2.45) is 22.9 Å². The molecule has 3 heterocycles. The van der Waals surface area contributed by atoms with Gasteiger partial charge in [-0.25, -0.2) is 14.6 Å². The number of hydrogen-bond donors (Lipinski definition) is 3. The van der Waals surface area contributed by atoms with Gasteiger partial charge in [-0.05, 0) is 55.2 Å². The molecule has 0 radical (unpaired) electrons. The van der Waals surface area contributed by atoms with E-state index in [1.54, 1.807) is 12.1 Å². The predicted molar refractivity (Wildman–Crippen MR) is 156 cm³/mol. The third kappa shape index (κ3) is 5.81. The zero-order chi connectivity index (χ0) is 31.2. The molecule has 15 heteroatoms. The van der Waals surface area contributed by atoms with Crippen molar-refractivity contribution in [2.75, 3.05) is 33.3 Å². The van der Waals surface area contributed by atoms with Crippen LogP contribution in [0.1, 0.15) is 73.9 Å². The van der Waals surface area contributed by atoms with Crippen molar-refractivity contribution in [3.05, 3.63) is 45.5 Å². The average Bonchev–Trinajstić information content (AvgIpc) is 3.37. The normalized spacial score (nSPS) is 24.9. The molecule has 4 aliphatic rings. The molecule has 1 saturated heterocycles. The molecule has 1 aromatic carbocycles. The number of ether oxygens (including phenoxy) is 1. The third-order valence-corrected chi connectivity index (χ3v) is 10.0. The molecule has 5 N–H and O–H groups in total. The number of hydrazine groups is 1. The van der Waals surface area contributed by atoms with E-state index in [1.807, 2.05) is 9.80 Å². The van der Waals surface area contributed by atoms with Crippen LogP contribution in [0.25, 0.3) is 0 Å². The van der Waals surface area contributed by atoms with E-state index in [4.69, 9.17) is 27.9 Å². The molecule has 2 amide bonds. The summed E-state index contributed by atoms with van der Waals surface area (Å²) in [6.45, 7) is 0.957. The lowest BCUT2D eigenvalue weighted by Crippen LogP contribution is -2.49. The Kier molecular flexibility index (Phi) is 8.40. The maximum absolute atomic E-state index is 14.5. The van der Waals surface area contributed by atoms with Crippen molar-refractivity contribution in [1.29, 1.82) is 0 Å². The third-order valence-electron chi connectivity index (χ3n) is 9.69. The van der Waals surface area contributed by atoms with Gasteiger partial charge in [0.2, 0.25) is 11.8 Å². The van der Waals surface area contributed by atoms with Crippen LogP contribution in [0.3, 0.4) is 0 Å². The number of nitrogens with zero attached hydrogens (tertiary/aromatic N) is 6. The number of allylic oxidation sites excluding steroid dienone is 1. The molecule has 0 unspecified atom stereocenters. The van der Waals surface area contributed by atoms with Crippen molar-refractivity contribution in [1.82, 2.24) is 35.4 Å². The molecular formula is C29H38ClF2N9O3. The molecule has 2 aromatic rings. The van der Waals surface area contributed by atoms with E-state index in [-0.39, 0.29) is 47.9 Å². The summed E-state index contributed by atoms with van der Waals surface area (Å²) in [7, 11) is 1.28. The molecule has 1 spiro atoms. The number of hydrogen-bond acceptors (Lipinski definition) is 9. The van der Waals surface area contributed by atoms with Gasteiger partial charge in [0.05, 0.1) is 11.7 Å². The number of rotatable bonds is 9. The van der Waals surface area contributed by atoms with Crippen LogP contribution in [-0.2, 0) is 16.0 Å². The number of alkyl halides is 2. The van der Waals surface area contributed by atoms with E-state index in [9.17, 15) is 18.4 Å². The molecule has 0 bridgehead atoms. The first kappa shape index (κ1) is 30.5. The quantitative estimate of drug-likeness (QED) is 0.279. The molecule has 238 valence electrons. The van der Waals surface area contributed by atoms with Gasteiger partial charge in [0.15, 0.2) is 5.82 Å². The van der Waals surface area contributed by atoms with Crippen molar-refractivity contribution < 1.29 is 23.1 Å². The minimum absolute atomic E-state index is 0.0311. The Bertz CT molecular complexity index is 1420. The highest BCUT2D eigenvalue weighted by Gasteiger charge is 2.53. The Morgan fingerprint density at radius 3 is 2.73 bits per heavy atom. The molecule has 2 aliphatic heterocycles. The summed E-state index contributed by atoms with van der Waals surface area (Å²) < 4.78 is 33.4. The fourth-order valence-corrected chi connectivity index (χ4v) is 7.51. The number of tetrazole rings is 1. The second-order valence-corrected chi connectivity index (χ2v) is 13.0. The number of benzene rings is 1. The van der Waals surface area contributed by atoms with Crippen molar-refractivity contribution in [3.63, 3.8) is 0 Å². The van der Waals surface area contributed by atoms with Crippen molar-refractivity contribution >= 4 is 23.4 Å². The summed E-state index contributed by atoms with van der Waals surface area (Å²) in [6.07, 6.45) is 3.42. The van der Waals surface area contributed by atoms with E-state index >= 15 is 0 Å². The number of carbonyl (C=O) groups is 2. The molecule has 3 atom stereocenters. The largest absolute Gasteiger partial charge is 0.487 e. The van der Waals surface area contributed by atoms with E-state index in [0.717, 1.165) is 42.7 Å². The Balaban J connectivity index is 1.36. The minimum Gasteiger partial charge on any atom is -0.487 e. The standard InChI is InChI=1S/C29H38ClF2N9O3/c1-39(34)25(26(31)32)20(33)14-44-22-7-6-19(30)18-8-11-41(21(24(18)22)13-40-15-29(9-10-29)12-23(40)42)28(43)17-5-3-2-4-16(17)27-35-37-38-36-27/h6-7,16-17,21,26H,2-5,8-15,33-34H2,1H3,(H,35,36,37,38)/b25-20-/t16-,17+,21+/m0/s1. The van der Waals surface area contributed by atoms with Crippen LogP contribution in [-0.4, -0.2) is 87.0 Å². The van der Waals surface area contributed by atoms with E-state index in [2.05, 4.69) is 20.6 Å². The van der Waals surface area contributed by atoms with Gasteiger partial charge in [-0.3, -0.25) is 9.59 Å². The molecule has 12 nitrogen and oxygen atoms in total. The number of fused-ring (bicyclic) bond motifs is 1. The molecule has 6 rings (SSSR count). The minimum atomic E-state index is -2.90. The van der Waals surface area contributed by atoms with Crippen LogP contribution in [0, 0.1) is 11.3 Å². The number of aromatic nitrogens is 4. The maximum atomic E-state index is 14.5. The highest BCUT2D eigenvalue weighted by Crippen LogP contribution is 2.54. The van der Waals surface area contributed by atoms with Gasteiger partial charge >= 0.3 is 0 Å². The second-order valence-electron chi connectivity index (χ2n) is 12.6. The summed E-state index contributed by atoms with van der Waals surface area (Å²) in [5.74, 6) is 5.98. The summed E-state index contributed by atoms with van der Waals surface area (Å²) in [5, 5.41) is 15.9. The van der Waals surface area contributed by atoms with Gasteiger partial charge in [-0.1, -0.05) is 29.7 Å². The Morgan fingerprint density at radius 2 is 2.07 bits per heavy atom. The molecular weight excluding hydrogens is 596 g/mol. The summed E-state index contributed by atoms with van der Waals surface area (Å²) in [4.78, 5) is 31.4. The SMILES string of the molecule is CN(N)/C(=C(\N)COc1ccc(Cl)c2c1[C@@H](CN1CC3(CC3)CC1=O)N(C(=O)[C@@H]1CCCC[C@@H]1c1nn[nH]n1)CC2)C(F)F. The van der Waals surface area contributed by atoms with Crippen LogP contribution in [0.2, 0.25) is 5.02 Å². The molecule has 2 saturated carbocycles. The van der Waals surface area contributed by atoms with Crippen LogP contribution in [0.15, 0.2) is 23.5 Å². The highest BCUT2D eigenvalue weighted by atomic mass is 35.5. The molecule has 3 fully saturated rings. The van der Waals surface area contributed by atoms with Crippen molar-refractivity contribution in [3.8, 4) is 5.75 Å². The average molecular weight is 634 g/mol. The molecule has 2 aliphatic carbocycles. The van der Waals surface area contributed by atoms with Gasteiger partial charge in [0.25, 0.3) is 6.43 Å². The highest BCUT2D eigenvalue weighted by molar-refractivity contribution is 6.31. The summed E-state index contributed by atoms with van der Waals surface area (Å²) >= 11 is 6.72. The number of amides is 2. The lowest BCUT2D eigenvalue weighted by Gasteiger charge is -2.43. The lowest BCUT2D eigenvalue weighted by molar-refractivity contribution is -0.142. The van der Waals surface area contributed by atoms with Gasteiger partial charge in [0.1, 0.15) is 18.1 Å². The van der Waals surface area contributed by atoms with E-state index < -0.39 is 18.2 Å². The Labute approximate surface area is 259 Å².